The fraction of sp³-hybridized carbons (Fsp3) is 0.211. The number of nitrogens with zero attached hydrogens (tertiary/aromatic N) is 2. The van der Waals surface area contributed by atoms with E-state index >= 15 is 0 Å². The van der Waals surface area contributed by atoms with Crippen LogP contribution in [0.3, 0.4) is 0 Å². The van der Waals surface area contributed by atoms with Gasteiger partial charge in [-0.2, -0.15) is 0 Å². The summed E-state index contributed by atoms with van der Waals surface area (Å²) in [7, 11) is 0. The van der Waals surface area contributed by atoms with Crippen LogP contribution in [0.5, 0.6) is 0 Å². The van der Waals surface area contributed by atoms with E-state index in [1.807, 2.05) is 24.3 Å². The molecular weight excluding hydrogens is 304 g/mol. The van der Waals surface area contributed by atoms with Gasteiger partial charge in [-0.25, -0.2) is 0 Å². The normalized spacial score (nSPS) is 16.9. The van der Waals surface area contributed by atoms with Gasteiger partial charge in [-0.1, -0.05) is 24.3 Å². The van der Waals surface area contributed by atoms with E-state index in [2.05, 4.69) is 0 Å². The molecule has 1 saturated heterocycles. The van der Waals surface area contributed by atoms with E-state index in [4.69, 9.17) is 0 Å². The lowest BCUT2D eigenvalue weighted by molar-refractivity contribution is -0.117. The molecule has 0 saturated carbocycles. The van der Waals surface area contributed by atoms with Crippen LogP contribution in [0, 0.1) is 0 Å². The Hall–Kier alpha value is -2.95. The Morgan fingerprint density at radius 1 is 0.833 bits per heavy atom. The summed E-state index contributed by atoms with van der Waals surface area (Å²) in [4.78, 5) is 39.6. The highest BCUT2D eigenvalue weighted by Crippen LogP contribution is 2.26. The molecule has 120 valence electrons. The second-order valence-corrected chi connectivity index (χ2v) is 6.06. The molecule has 2 aromatic rings. The monoisotopic (exact) mass is 320 g/mol. The summed E-state index contributed by atoms with van der Waals surface area (Å²) in [5.74, 6) is -0.369. The topological polar surface area (TPSA) is 57.7 Å². The number of imide groups is 1. The lowest BCUT2D eigenvalue weighted by atomic mass is 10.1. The molecule has 2 aliphatic heterocycles. The first-order chi connectivity index (χ1) is 11.6. The summed E-state index contributed by atoms with van der Waals surface area (Å²) in [5, 5.41) is 0. The van der Waals surface area contributed by atoms with E-state index in [9.17, 15) is 14.4 Å². The molecule has 0 atom stereocenters. The Balaban J connectivity index is 1.53. The number of carbonyl (C=O) groups excluding carboxylic acids is 3. The standard InChI is InChI=1S/C19H16N2O3/c22-17-6-3-11-20(17)14-9-7-13(8-10-14)12-21-18(23)15-4-1-2-5-16(15)19(21)24/h1-2,4-5,7-10H,3,6,11-12H2. The maximum atomic E-state index is 12.4. The van der Waals surface area contributed by atoms with Gasteiger partial charge in [0.25, 0.3) is 11.8 Å². The van der Waals surface area contributed by atoms with Gasteiger partial charge in [0.15, 0.2) is 0 Å². The van der Waals surface area contributed by atoms with Crippen molar-refractivity contribution in [1.82, 2.24) is 4.90 Å². The molecule has 2 aromatic carbocycles. The van der Waals surface area contributed by atoms with E-state index in [-0.39, 0.29) is 24.3 Å². The smallest absolute Gasteiger partial charge is 0.261 e. The number of fused-ring (bicyclic) bond motifs is 1. The van der Waals surface area contributed by atoms with Gasteiger partial charge in [0.05, 0.1) is 17.7 Å². The van der Waals surface area contributed by atoms with Crippen LogP contribution in [0.25, 0.3) is 0 Å². The maximum Gasteiger partial charge on any atom is 0.261 e. The van der Waals surface area contributed by atoms with Gasteiger partial charge in [-0.05, 0) is 36.2 Å². The van der Waals surface area contributed by atoms with Gasteiger partial charge in [0.2, 0.25) is 5.91 Å². The molecular formula is C19H16N2O3. The summed E-state index contributed by atoms with van der Waals surface area (Å²) in [5.41, 5.74) is 2.65. The van der Waals surface area contributed by atoms with Crippen molar-refractivity contribution >= 4 is 23.4 Å². The van der Waals surface area contributed by atoms with Crippen LogP contribution in [0.4, 0.5) is 5.69 Å². The molecule has 0 aromatic heterocycles. The molecule has 0 N–H and O–H groups in total. The van der Waals surface area contributed by atoms with E-state index in [0.717, 1.165) is 24.2 Å². The van der Waals surface area contributed by atoms with Crippen LogP contribution in [-0.4, -0.2) is 29.2 Å². The van der Waals surface area contributed by atoms with E-state index in [0.29, 0.717) is 17.5 Å². The summed E-state index contributed by atoms with van der Waals surface area (Å²) >= 11 is 0. The van der Waals surface area contributed by atoms with Gasteiger partial charge in [-0.3, -0.25) is 19.3 Å². The molecule has 3 amide bonds. The Morgan fingerprint density at radius 2 is 1.46 bits per heavy atom. The Bertz CT molecular complexity index is 807. The highest BCUT2D eigenvalue weighted by molar-refractivity contribution is 6.21. The van der Waals surface area contributed by atoms with Crippen LogP contribution in [-0.2, 0) is 11.3 Å². The van der Waals surface area contributed by atoms with Crippen LogP contribution < -0.4 is 4.90 Å². The zero-order valence-corrected chi connectivity index (χ0v) is 13.1. The molecule has 0 bridgehead atoms. The first kappa shape index (κ1) is 14.6. The first-order valence-corrected chi connectivity index (χ1v) is 8.00. The third-order valence-corrected chi connectivity index (χ3v) is 4.54. The van der Waals surface area contributed by atoms with Crippen LogP contribution in [0.15, 0.2) is 48.5 Å². The summed E-state index contributed by atoms with van der Waals surface area (Å²) in [6.45, 7) is 0.983. The summed E-state index contributed by atoms with van der Waals surface area (Å²) in [6.07, 6.45) is 1.48. The minimum Gasteiger partial charge on any atom is -0.312 e. The lowest BCUT2D eigenvalue weighted by Gasteiger charge is -2.17. The van der Waals surface area contributed by atoms with Crippen molar-refractivity contribution in [3.63, 3.8) is 0 Å². The lowest BCUT2D eigenvalue weighted by Crippen LogP contribution is -2.29. The van der Waals surface area contributed by atoms with Gasteiger partial charge in [0, 0.05) is 18.7 Å². The number of rotatable bonds is 3. The molecule has 1 fully saturated rings. The van der Waals surface area contributed by atoms with Crippen molar-refractivity contribution in [2.24, 2.45) is 0 Å². The quantitative estimate of drug-likeness (QED) is 0.817. The molecule has 0 aliphatic carbocycles. The largest absolute Gasteiger partial charge is 0.312 e. The van der Waals surface area contributed by atoms with E-state index < -0.39 is 0 Å². The Kier molecular flexibility index (Phi) is 3.41. The molecule has 0 unspecified atom stereocenters. The van der Waals surface area contributed by atoms with Crippen molar-refractivity contribution in [1.29, 1.82) is 0 Å². The van der Waals surface area contributed by atoms with Gasteiger partial charge < -0.3 is 4.90 Å². The van der Waals surface area contributed by atoms with Crippen molar-refractivity contribution < 1.29 is 14.4 Å². The highest BCUT2D eigenvalue weighted by atomic mass is 16.2. The first-order valence-electron chi connectivity index (χ1n) is 8.00. The third-order valence-electron chi connectivity index (χ3n) is 4.54. The van der Waals surface area contributed by atoms with Gasteiger partial charge >= 0.3 is 0 Å². The number of hydrogen-bond acceptors (Lipinski definition) is 3. The van der Waals surface area contributed by atoms with E-state index in [1.54, 1.807) is 29.2 Å². The Morgan fingerprint density at radius 3 is 2.00 bits per heavy atom. The number of amides is 3. The molecule has 0 radical (unpaired) electrons. The minimum atomic E-state index is -0.255. The number of carbonyl (C=O) groups is 3. The minimum absolute atomic E-state index is 0.142. The predicted octanol–water partition coefficient (Wildman–Crippen LogP) is 2.61. The second-order valence-electron chi connectivity index (χ2n) is 6.06. The zero-order valence-electron chi connectivity index (χ0n) is 13.1. The number of anilines is 1. The second kappa shape index (κ2) is 5.60. The average molecular weight is 320 g/mol. The third kappa shape index (κ3) is 2.29. The van der Waals surface area contributed by atoms with Crippen LogP contribution >= 0.6 is 0 Å². The molecule has 5 nitrogen and oxygen atoms in total. The predicted molar refractivity (Wildman–Crippen MR) is 88.7 cm³/mol. The molecule has 2 heterocycles. The average Bonchev–Trinajstić information content (AvgIpc) is 3.13. The van der Waals surface area contributed by atoms with Crippen LogP contribution in [0.2, 0.25) is 0 Å². The van der Waals surface area contributed by atoms with Crippen LogP contribution in [0.1, 0.15) is 39.1 Å². The molecule has 5 heteroatoms. The summed E-state index contributed by atoms with van der Waals surface area (Å²) in [6, 6.07) is 14.3. The van der Waals surface area contributed by atoms with Crippen molar-refractivity contribution in [3.05, 3.63) is 65.2 Å². The van der Waals surface area contributed by atoms with Crippen molar-refractivity contribution in [2.45, 2.75) is 19.4 Å². The molecule has 24 heavy (non-hydrogen) atoms. The maximum absolute atomic E-state index is 12.4. The van der Waals surface area contributed by atoms with E-state index in [1.165, 1.54) is 4.90 Å². The Labute approximate surface area is 139 Å². The highest BCUT2D eigenvalue weighted by Gasteiger charge is 2.34. The fourth-order valence-electron chi connectivity index (χ4n) is 3.27. The summed E-state index contributed by atoms with van der Waals surface area (Å²) < 4.78 is 0. The molecule has 4 rings (SSSR count). The number of hydrogen-bond donors (Lipinski definition) is 0. The van der Waals surface area contributed by atoms with Gasteiger partial charge in [-0.15, -0.1) is 0 Å². The number of benzene rings is 2. The van der Waals surface area contributed by atoms with Crippen molar-refractivity contribution in [2.75, 3.05) is 11.4 Å². The SMILES string of the molecule is O=C1c2ccccc2C(=O)N1Cc1ccc(N2CCCC2=O)cc1. The van der Waals surface area contributed by atoms with Gasteiger partial charge in [0.1, 0.15) is 0 Å². The fourth-order valence-corrected chi connectivity index (χ4v) is 3.27. The molecule has 0 spiro atoms. The van der Waals surface area contributed by atoms with Crippen molar-refractivity contribution in [3.8, 4) is 0 Å². The molecule has 2 aliphatic rings. The zero-order chi connectivity index (χ0) is 16.7.